The molecule has 2 aromatic rings. The molecule has 1 atom stereocenters. The lowest BCUT2D eigenvalue weighted by Gasteiger charge is -2.17. The van der Waals surface area contributed by atoms with E-state index in [1.165, 1.54) is 5.56 Å². The summed E-state index contributed by atoms with van der Waals surface area (Å²) in [6.45, 7) is 4.47. The molecule has 0 saturated carbocycles. The first-order valence-electron chi connectivity index (χ1n) is 7.88. The molecule has 0 aliphatic carbocycles. The maximum absolute atomic E-state index is 12.4. The van der Waals surface area contributed by atoms with E-state index in [0.717, 1.165) is 31.6 Å². The Bertz CT molecular complexity index is 748. The lowest BCUT2D eigenvalue weighted by molar-refractivity contribution is 0.324. The van der Waals surface area contributed by atoms with Crippen molar-refractivity contribution < 1.29 is 8.42 Å². The minimum absolute atomic E-state index is 0. The van der Waals surface area contributed by atoms with Gasteiger partial charge in [0.25, 0.3) is 0 Å². The van der Waals surface area contributed by atoms with Crippen LogP contribution in [0.3, 0.4) is 0 Å². The molecule has 24 heavy (non-hydrogen) atoms. The van der Waals surface area contributed by atoms with Gasteiger partial charge in [0.05, 0.1) is 4.90 Å². The Morgan fingerprint density at radius 3 is 2.42 bits per heavy atom. The number of hydrogen-bond acceptors (Lipinski definition) is 3. The van der Waals surface area contributed by atoms with Crippen LogP contribution in [-0.4, -0.2) is 32.4 Å². The summed E-state index contributed by atoms with van der Waals surface area (Å²) in [6.07, 6.45) is 0.845. The molecule has 2 aromatic carbocycles. The van der Waals surface area contributed by atoms with E-state index in [1.54, 1.807) is 12.1 Å². The molecule has 1 aliphatic heterocycles. The fourth-order valence-corrected chi connectivity index (χ4v) is 4.18. The average molecular weight is 367 g/mol. The fraction of sp³-hybridized carbons (Fsp3) is 0.333. The van der Waals surface area contributed by atoms with Crippen LogP contribution in [0, 0.1) is 6.92 Å². The normalized spacial score (nSPS) is 18.3. The zero-order valence-corrected chi connectivity index (χ0v) is 15.3. The predicted molar refractivity (Wildman–Crippen MR) is 98.9 cm³/mol. The SMILES string of the molecule is Cc1ccc(S(=O)(=O)N[C@H]2CCN(Cc3ccccc3)C2)cc1.Cl. The molecule has 4 nitrogen and oxygen atoms in total. The highest BCUT2D eigenvalue weighted by molar-refractivity contribution is 7.89. The van der Waals surface area contributed by atoms with E-state index in [4.69, 9.17) is 0 Å². The summed E-state index contributed by atoms with van der Waals surface area (Å²) >= 11 is 0. The molecule has 1 fully saturated rings. The van der Waals surface area contributed by atoms with Crippen LogP contribution >= 0.6 is 12.4 Å². The number of likely N-dealkylation sites (tertiary alicyclic amines) is 1. The standard InChI is InChI=1S/C18H22N2O2S.ClH/c1-15-7-9-18(10-8-15)23(21,22)19-17-11-12-20(14-17)13-16-5-3-2-4-6-16;/h2-10,17,19H,11-14H2,1H3;1H/t17-;/m0./s1. The first kappa shape index (κ1) is 18.9. The summed E-state index contributed by atoms with van der Waals surface area (Å²) in [4.78, 5) is 2.63. The zero-order valence-electron chi connectivity index (χ0n) is 13.7. The number of hydrogen-bond donors (Lipinski definition) is 1. The summed E-state index contributed by atoms with van der Waals surface area (Å²) in [7, 11) is -3.43. The molecule has 0 radical (unpaired) electrons. The Balaban J connectivity index is 0.00000208. The number of nitrogens with one attached hydrogen (secondary N) is 1. The minimum Gasteiger partial charge on any atom is -0.297 e. The number of nitrogens with zero attached hydrogens (tertiary/aromatic N) is 1. The lowest BCUT2D eigenvalue weighted by atomic mass is 10.2. The molecule has 1 saturated heterocycles. The van der Waals surface area contributed by atoms with Gasteiger partial charge in [0, 0.05) is 25.7 Å². The third-order valence-corrected chi connectivity index (χ3v) is 5.71. The Morgan fingerprint density at radius 1 is 1.08 bits per heavy atom. The molecular formula is C18H23ClN2O2S. The van der Waals surface area contributed by atoms with Gasteiger partial charge in [-0.1, -0.05) is 48.0 Å². The largest absolute Gasteiger partial charge is 0.297 e. The first-order valence-corrected chi connectivity index (χ1v) is 9.36. The van der Waals surface area contributed by atoms with Crippen LogP contribution in [0.4, 0.5) is 0 Å². The molecule has 1 aliphatic rings. The quantitative estimate of drug-likeness (QED) is 0.885. The van der Waals surface area contributed by atoms with Crippen molar-refractivity contribution in [1.29, 1.82) is 0 Å². The van der Waals surface area contributed by atoms with Crippen molar-refractivity contribution in [3.63, 3.8) is 0 Å². The van der Waals surface area contributed by atoms with Crippen LogP contribution in [-0.2, 0) is 16.6 Å². The van der Waals surface area contributed by atoms with E-state index in [1.807, 2.05) is 37.3 Å². The summed E-state index contributed by atoms with van der Waals surface area (Å²) < 4.78 is 27.7. The Labute approximate surface area is 150 Å². The highest BCUT2D eigenvalue weighted by atomic mass is 35.5. The van der Waals surface area contributed by atoms with Crippen molar-refractivity contribution in [3.05, 3.63) is 65.7 Å². The maximum atomic E-state index is 12.4. The smallest absolute Gasteiger partial charge is 0.240 e. The molecule has 0 unspecified atom stereocenters. The van der Waals surface area contributed by atoms with Gasteiger partial charge in [-0.05, 0) is 31.0 Å². The van der Waals surface area contributed by atoms with Crippen molar-refractivity contribution >= 4 is 22.4 Å². The van der Waals surface area contributed by atoms with E-state index in [-0.39, 0.29) is 18.4 Å². The van der Waals surface area contributed by atoms with Gasteiger partial charge in [-0.3, -0.25) is 4.90 Å². The average Bonchev–Trinajstić information content (AvgIpc) is 2.95. The van der Waals surface area contributed by atoms with Crippen LogP contribution in [0.25, 0.3) is 0 Å². The maximum Gasteiger partial charge on any atom is 0.240 e. The molecule has 0 amide bonds. The van der Waals surface area contributed by atoms with Gasteiger partial charge >= 0.3 is 0 Å². The lowest BCUT2D eigenvalue weighted by Crippen LogP contribution is -2.36. The van der Waals surface area contributed by atoms with Crippen molar-refractivity contribution in [2.75, 3.05) is 13.1 Å². The van der Waals surface area contributed by atoms with Crippen molar-refractivity contribution in [2.24, 2.45) is 0 Å². The third-order valence-electron chi connectivity index (χ3n) is 4.17. The van der Waals surface area contributed by atoms with Crippen LogP contribution in [0.15, 0.2) is 59.5 Å². The van der Waals surface area contributed by atoms with Gasteiger partial charge in [-0.15, -0.1) is 12.4 Å². The van der Waals surface area contributed by atoms with Crippen LogP contribution in [0.2, 0.25) is 0 Å². The van der Waals surface area contributed by atoms with Crippen molar-refractivity contribution in [3.8, 4) is 0 Å². The number of rotatable bonds is 5. The van der Waals surface area contributed by atoms with Crippen molar-refractivity contribution in [1.82, 2.24) is 9.62 Å². The minimum atomic E-state index is -3.43. The molecular weight excluding hydrogens is 344 g/mol. The highest BCUT2D eigenvalue weighted by Gasteiger charge is 2.27. The van der Waals surface area contributed by atoms with Gasteiger partial charge in [0.1, 0.15) is 0 Å². The van der Waals surface area contributed by atoms with Crippen LogP contribution in [0.1, 0.15) is 17.5 Å². The highest BCUT2D eigenvalue weighted by Crippen LogP contribution is 2.17. The molecule has 0 aromatic heterocycles. The van der Waals surface area contributed by atoms with E-state index in [9.17, 15) is 8.42 Å². The summed E-state index contributed by atoms with van der Waals surface area (Å²) in [5, 5.41) is 0. The zero-order chi connectivity index (χ0) is 16.3. The molecule has 3 rings (SSSR count). The Kier molecular flexibility index (Phi) is 6.40. The molecule has 0 bridgehead atoms. The summed E-state index contributed by atoms with van der Waals surface area (Å²) in [5.74, 6) is 0. The van der Waals surface area contributed by atoms with E-state index >= 15 is 0 Å². The topological polar surface area (TPSA) is 49.4 Å². The Hall–Kier alpha value is -1.40. The molecule has 1 heterocycles. The van der Waals surface area contributed by atoms with E-state index < -0.39 is 10.0 Å². The Morgan fingerprint density at radius 2 is 1.75 bits per heavy atom. The van der Waals surface area contributed by atoms with Gasteiger partial charge in [-0.25, -0.2) is 13.1 Å². The number of aryl methyl sites for hydroxylation is 1. The fourth-order valence-electron chi connectivity index (χ4n) is 2.92. The number of benzene rings is 2. The summed E-state index contributed by atoms with van der Waals surface area (Å²) in [6, 6.07) is 17.2. The number of halogens is 1. The number of sulfonamides is 1. The molecule has 130 valence electrons. The third kappa shape index (κ3) is 4.80. The van der Waals surface area contributed by atoms with Crippen LogP contribution in [0.5, 0.6) is 0 Å². The van der Waals surface area contributed by atoms with E-state index in [2.05, 4.69) is 21.8 Å². The monoisotopic (exact) mass is 366 g/mol. The van der Waals surface area contributed by atoms with Gasteiger partial charge < -0.3 is 0 Å². The second kappa shape index (κ2) is 8.12. The van der Waals surface area contributed by atoms with Crippen molar-refractivity contribution in [2.45, 2.75) is 30.8 Å². The molecule has 6 heteroatoms. The van der Waals surface area contributed by atoms with Crippen LogP contribution < -0.4 is 4.72 Å². The van der Waals surface area contributed by atoms with E-state index in [0.29, 0.717) is 4.90 Å². The molecule has 1 N–H and O–H groups in total. The second-order valence-electron chi connectivity index (χ2n) is 6.14. The van der Waals surface area contributed by atoms with Gasteiger partial charge in [0.2, 0.25) is 10.0 Å². The van der Waals surface area contributed by atoms with Gasteiger partial charge in [-0.2, -0.15) is 0 Å². The first-order chi connectivity index (χ1) is 11.0. The summed E-state index contributed by atoms with van der Waals surface area (Å²) in [5.41, 5.74) is 2.31. The molecule has 0 spiro atoms. The van der Waals surface area contributed by atoms with Gasteiger partial charge in [0.15, 0.2) is 0 Å². The predicted octanol–water partition coefficient (Wildman–Crippen LogP) is 2.97. The second-order valence-corrected chi connectivity index (χ2v) is 7.85.